The van der Waals surface area contributed by atoms with E-state index in [0.29, 0.717) is 22.3 Å². The summed E-state index contributed by atoms with van der Waals surface area (Å²) in [6.45, 7) is 1.88. The van der Waals surface area contributed by atoms with E-state index < -0.39 is 4.75 Å². The number of hydrogen-bond acceptors (Lipinski definition) is 3. The lowest BCUT2D eigenvalue weighted by atomic mass is 9.99. The minimum atomic E-state index is -0.632. The molecule has 0 aromatic heterocycles. The number of rotatable bonds is 3. The smallest absolute Gasteiger partial charge is 0.242 e. The largest absolute Gasteiger partial charge is 0.304 e. The molecule has 118 valence electrons. The molecule has 23 heavy (non-hydrogen) atoms. The van der Waals surface area contributed by atoms with Crippen LogP contribution in [0, 0.1) is 5.82 Å². The van der Waals surface area contributed by atoms with E-state index in [1.807, 2.05) is 31.2 Å². The normalized spacial score (nSPS) is 22.4. The third-order valence-corrected chi connectivity index (χ3v) is 4.95. The van der Waals surface area contributed by atoms with Crippen LogP contribution in [0.25, 0.3) is 0 Å². The Morgan fingerprint density at radius 2 is 1.83 bits per heavy atom. The number of halogens is 2. The van der Waals surface area contributed by atoms with Crippen LogP contribution in [0.3, 0.4) is 0 Å². The average Bonchev–Trinajstić information content (AvgIpc) is 2.78. The number of nitrogens with one attached hydrogen (secondary N) is 1. The molecule has 1 N–H and O–H groups in total. The zero-order chi connectivity index (χ0) is 16.4. The van der Waals surface area contributed by atoms with Crippen molar-refractivity contribution < 1.29 is 9.18 Å². The summed E-state index contributed by atoms with van der Waals surface area (Å²) in [4.78, 5) is 16.7. The van der Waals surface area contributed by atoms with Gasteiger partial charge in [0.1, 0.15) is 10.6 Å². The van der Waals surface area contributed by atoms with Crippen molar-refractivity contribution in [3.63, 3.8) is 0 Å². The summed E-state index contributed by atoms with van der Waals surface area (Å²) in [6, 6.07) is 13.3. The third kappa shape index (κ3) is 3.74. The van der Waals surface area contributed by atoms with Crippen molar-refractivity contribution in [1.29, 1.82) is 0 Å². The van der Waals surface area contributed by atoms with E-state index >= 15 is 0 Å². The maximum atomic E-state index is 12.9. The molecule has 1 aliphatic heterocycles. The standard InChI is InChI=1S/C17H14ClFN2OS/c1-17(10-11-2-4-12(18)5-3-11)15(22)21-16(23-17)20-14-8-6-13(19)7-9-14/h2-9H,10H2,1H3,(H,20,21,22). The molecule has 0 aliphatic carbocycles. The van der Waals surface area contributed by atoms with Gasteiger partial charge in [0.2, 0.25) is 5.91 Å². The maximum absolute atomic E-state index is 12.9. The Morgan fingerprint density at radius 3 is 2.48 bits per heavy atom. The van der Waals surface area contributed by atoms with Crippen molar-refractivity contribution in [2.75, 3.05) is 0 Å². The summed E-state index contributed by atoms with van der Waals surface area (Å²) in [7, 11) is 0. The molecule has 1 aliphatic rings. The quantitative estimate of drug-likeness (QED) is 0.896. The van der Waals surface area contributed by atoms with Crippen LogP contribution in [-0.2, 0) is 11.2 Å². The minimum absolute atomic E-state index is 0.0849. The molecule has 6 heteroatoms. The molecule has 0 saturated carbocycles. The zero-order valence-corrected chi connectivity index (χ0v) is 13.9. The highest BCUT2D eigenvalue weighted by atomic mass is 35.5. The van der Waals surface area contributed by atoms with Gasteiger partial charge in [-0.25, -0.2) is 9.38 Å². The first-order valence-corrected chi connectivity index (χ1v) is 8.23. The molecule has 3 rings (SSSR count). The molecule has 3 nitrogen and oxygen atoms in total. The number of nitrogens with zero attached hydrogens (tertiary/aromatic N) is 1. The molecular weight excluding hydrogens is 335 g/mol. The van der Waals surface area contributed by atoms with Gasteiger partial charge in [-0.15, -0.1) is 0 Å². The molecule has 1 amide bonds. The van der Waals surface area contributed by atoms with Gasteiger partial charge >= 0.3 is 0 Å². The lowest BCUT2D eigenvalue weighted by molar-refractivity contribution is -0.121. The number of carbonyl (C=O) groups excluding carboxylic acids is 1. The van der Waals surface area contributed by atoms with E-state index in [1.54, 1.807) is 12.1 Å². The molecule has 1 saturated heterocycles. The SMILES string of the molecule is CC1(Cc2ccc(Cl)cc2)SC(=Nc2ccc(F)cc2)NC1=O. The highest BCUT2D eigenvalue weighted by Crippen LogP contribution is 2.36. The first-order valence-electron chi connectivity index (χ1n) is 7.04. The number of carbonyl (C=O) groups is 1. The van der Waals surface area contributed by atoms with Crippen molar-refractivity contribution >= 4 is 40.1 Å². The van der Waals surface area contributed by atoms with Gasteiger partial charge < -0.3 is 5.32 Å². The van der Waals surface area contributed by atoms with Crippen LogP contribution in [0.5, 0.6) is 0 Å². The Morgan fingerprint density at radius 1 is 1.17 bits per heavy atom. The average molecular weight is 349 g/mol. The van der Waals surface area contributed by atoms with Crippen molar-refractivity contribution in [2.45, 2.75) is 18.1 Å². The molecule has 1 fully saturated rings. The Balaban J connectivity index is 1.78. The molecule has 1 unspecified atom stereocenters. The van der Waals surface area contributed by atoms with Crippen molar-refractivity contribution in [1.82, 2.24) is 5.32 Å². The van der Waals surface area contributed by atoms with E-state index in [9.17, 15) is 9.18 Å². The Labute approximate surface area is 143 Å². The van der Waals surface area contributed by atoms with E-state index in [4.69, 9.17) is 11.6 Å². The second kappa shape index (κ2) is 6.34. The molecule has 2 aromatic rings. The molecule has 0 spiro atoms. The van der Waals surface area contributed by atoms with E-state index in [-0.39, 0.29) is 11.7 Å². The molecule has 1 heterocycles. The number of amidine groups is 1. The monoisotopic (exact) mass is 348 g/mol. The van der Waals surface area contributed by atoms with Gasteiger partial charge in [-0.2, -0.15) is 0 Å². The second-order valence-electron chi connectivity index (χ2n) is 5.48. The van der Waals surface area contributed by atoms with Crippen LogP contribution in [0.4, 0.5) is 10.1 Å². The first kappa shape index (κ1) is 16.0. The van der Waals surface area contributed by atoms with Gasteiger partial charge in [0.15, 0.2) is 5.17 Å². The second-order valence-corrected chi connectivity index (χ2v) is 7.41. The molecule has 2 aromatic carbocycles. The zero-order valence-electron chi connectivity index (χ0n) is 12.3. The van der Waals surface area contributed by atoms with Crippen LogP contribution >= 0.6 is 23.4 Å². The first-order chi connectivity index (χ1) is 10.9. The lowest BCUT2D eigenvalue weighted by Crippen LogP contribution is -2.35. The summed E-state index contributed by atoms with van der Waals surface area (Å²) in [5.74, 6) is -0.400. The van der Waals surface area contributed by atoms with Gasteiger partial charge in [-0.05, 0) is 55.3 Å². The minimum Gasteiger partial charge on any atom is -0.304 e. The van der Waals surface area contributed by atoms with Crippen molar-refractivity contribution in [3.8, 4) is 0 Å². The lowest BCUT2D eigenvalue weighted by Gasteiger charge is -2.18. The predicted octanol–water partition coefficient (Wildman–Crippen LogP) is 4.33. The van der Waals surface area contributed by atoms with Crippen LogP contribution < -0.4 is 5.32 Å². The third-order valence-electron chi connectivity index (χ3n) is 3.53. The van der Waals surface area contributed by atoms with Crippen molar-refractivity contribution in [2.24, 2.45) is 4.99 Å². The Kier molecular flexibility index (Phi) is 4.41. The van der Waals surface area contributed by atoms with Crippen LogP contribution in [0.2, 0.25) is 5.02 Å². The number of aliphatic imine (C=N–C) groups is 1. The Hall–Kier alpha value is -1.85. The number of thioether (sulfide) groups is 1. The number of hydrogen-bond donors (Lipinski definition) is 1. The molecular formula is C17H14ClFN2OS. The summed E-state index contributed by atoms with van der Waals surface area (Å²) in [6.07, 6.45) is 0.573. The van der Waals surface area contributed by atoms with Gasteiger partial charge in [0.25, 0.3) is 0 Å². The summed E-state index contributed by atoms with van der Waals surface area (Å²) in [5, 5.41) is 3.99. The van der Waals surface area contributed by atoms with Gasteiger partial charge in [0.05, 0.1) is 5.69 Å². The maximum Gasteiger partial charge on any atom is 0.242 e. The van der Waals surface area contributed by atoms with Gasteiger partial charge in [0, 0.05) is 5.02 Å². The highest BCUT2D eigenvalue weighted by molar-refractivity contribution is 8.16. The molecule has 0 radical (unpaired) electrons. The number of benzene rings is 2. The number of amides is 1. The summed E-state index contributed by atoms with van der Waals surface area (Å²) < 4.78 is 12.3. The van der Waals surface area contributed by atoms with E-state index in [1.165, 1.54) is 23.9 Å². The van der Waals surface area contributed by atoms with E-state index in [2.05, 4.69) is 10.3 Å². The topological polar surface area (TPSA) is 41.5 Å². The van der Waals surface area contributed by atoms with Crippen LogP contribution in [-0.4, -0.2) is 15.8 Å². The van der Waals surface area contributed by atoms with E-state index in [0.717, 1.165) is 5.56 Å². The Bertz CT molecular complexity index is 761. The van der Waals surface area contributed by atoms with Gasteiger partial charge in [-0.3, -0.25) is 4.79 Å². The molecule has 1 atom stereocenters. The fraction of sp³-hybridized carbons (Fsp3) is 0.176. The van der Waals surface area contributed by atoms with Crippen LogP contribution in [0.15, 0.2) is 53.5 Å². The van der Waals surface area contributed by atoms with Gasteiger partial charge in [-0.1, -0.05) is 35.5 Å². The molecule has 0 bridgehead atoms. The summed E-state index contributed by atoms with van der Waals surface area (Å²) >= 11 is 7.27. The fourth-order valence-electron chi connectivity index (χ4n) is 2.31. The fourth-order valence-corrected chi connectivity index (χ4v) is 3.54. The van der Waals surface area contributed by atoms with Crippen molar-refractivity contribution in [3.05, 3.63) is 64.9 Å². The highest BCUT2D eigenvalue weighted by Gasteiger charge is 2.42. The van der Waals surface area contributed by atoms with Crippen LogP contribution in [0.1, 0.15) is 12.5 Å². The predicted molar refractivity (Wildman–Crippen MR) is 92.8 cm³/mol. The summed E-state index contributed by atoms with van der Waals surface area (Å²) in [5.41, 5.74) is 1.63.